The third-order valence-corrected chi connectivity index (χ3v) is 11.4. The smallest absolute Gasteiger partial charge is 0.320 e. The molecule has 1 atom stereocenters. The number of anilines is 1. The number of alkyl halides is 2. The van der Waals surface area contributed by atoms with Crippen molar-refractivity contribution in [1.29, 1.82) is 5.26 Å². The SMILES string of the molecule is CCOC(=O)CNCCN(C)CC(=O)OCCNCc1ccc(CC(=O)NC2CCC(NC(=O)CCC(=O)Nc3cccc4c(C(=O)NCC(=O)N5CC(F)(F)CC5C#N)ccnc34)CC2)cc1. The van der Waals surface area contributed by atoms with Crippen LogP contribution < -0.4 is 31.9 Å². The maximum absolute atomic E-state index is 13.8. The summed E-state index contributed by atoms with van der Waals surface area (Å²) in [6.07, 6.45) is 3.33. The van der Waals surface area contributed by atoms with E-state index in [0.717, 1.165) is 16.0 Å². The number of amides is 5. The Bertz CT molecular complexity index is 2290. The van der Waals surface area contributed by atoms with Crippen molar-refractivity contribution in [3.63, 3.8) is 0 Å². The molecule has 366 valence electrons. The van der Waals surface area contributed by atoms with Crippen LogP contribution in [0.3, 0.4) is 0 Å². The number of ether oxygens (including phenoxy) is 2. The van der Waals surface area contributed by atoms with Crippen LogP contribution in [0.5, 0.6) is 0 Å². The predicted octanol–water partition coefficient (Wildman–Crippen LogP) is 1.95. The maximum atomic E-state index is 13.8. The van der Waals surface area contributed by atoms with Crippen LogP contribution in [-0.4, -0.2) is 146 Å². The molecule has 0 spiro atoms. The molecule has 6 N–H and O–H groups in total. The molecule has 2 heterocycles. The number of likely N-dealkylation sites (N-methyl/N-ethyl adjacent to an activating group) is 1. The lowest BCUT2D eigenvalue weighted by Crippen LogP contribution is -2.44. The summed E-state index contributed by atoms with van der Waals surface area (Å²) in [6.45, 7) is 3.19. The summed E-state index contributed by atoms with van der Waals surface area (Å²) >= 11 is 0. The molecule has 1 aliphatic heterocycles. The largest absolute Gasteiger partial charge is 0.465 e. The second-order valence-electron chi connectivity index (χ2n) is 16.8. The molecule has 1 unspecified atom stereocenters. The van der Waals surface area contributed by atoms with E-state index in [1.54, 1.807) is 43.1 Å². The van der Waals surface area contributed by atoms with Gasteiger partial charge in [0, 0.05) is 69.1 Å². The molecule has 19 nitrogen and oxygen atoms in total. The van der Waals surface area contributed by atoms with E-state index in [0.29, 0.717) is 69.5 Å². The van der Waals surface area contributed by atoms with Crippen LogP contribution in [0.4, 0.5) is 14.5 Å². The van der Waals surface area contributed by atoms with E-state index >= 15 is 0 Å². The van der Waals surface area contributed by atoms with Gasteiger partial charge >= 0.3 is 11.9 Å². The highest BCUT2D eigenvalue weighted by Crippen LogP contribution is 2.32. The fraction of sp³-hybridized carbons (Fsp3) is 0.511. The first kappa shape index (κ1) is 52.3. The Morgan fingerprint density at radius 1 is 0.853 bits per heavy atom. The van der Waals surface area contributed by atoms with Crippen molar-refractivity contribution >= 4 is 58.1 Å². The number of hydrogen-bond donors (Lipinski definition) is 6. The standard InChI is InChI=1S/C47H60F2N10O9/c1-3-67-43(64)28-51-19-21-58(2)29-44(65)68-22-20-52-26-32-9-7-31(8-10-32)23-41(62)56-34-13-11-33(12-14-34)55-39(60)15-16-40(61)57-38-6-4-5-36-37(17-18-53-45(36)38)46(66)54-27-42(63)59-30-47(48,49)24-35(59)25-50/h4-10,17-18,33-35,51-52H,3,11-16,19-24,26-30H2,1-2H3,(H,54,66)(H,55,60)(H,56,62)(H,57,61). The van der Waals surface area contributed by atoms with Crippen molar-refractivity contribution in [2.45, 2.75) is 88.9 Å². The van der Waals surface area contributed by atoms with Gasteiger partial charge in [-0.3, -0.25) is 43.4 Å². The zero-order valence-electron chi connectivity index (χ0n) is 38.4. The first-order chi connectivity index (χ1) is 32.6. The average molecular weight is 947 g/mol. The zero-order valence-corrected chi connectivity index (χ0v) is 38.4. The molecule has 0 radical (unpaired) electrons. The Kier molecular flexibility index (Phi) is 20.1. The van der Waals surface area contributed by atoms with Crippen LogP contribution in [0.2, 0.25) is 0 Å². The molecule has 1 aliphatic carbocycles. The molecule has 1 saturated heterocycles. The normalized spacial score (nSPS) is 17.5. The van der Waals surface area contributed by atoms with Crippen molar-refractivity contribution in [3.05, 3.63) is 71.4 Å². The number of para-hydroxylation sites is 1. The number of fused-ring (bicyclic) bond motifs is 1. The van der Waals surface area contributed by atoms with Gasteiger partial charge in [0.2, 0.25) is 23.6 Å². The number of nitriles is 1. The van der Waals surface area contributed by atoms with Crippen LogP contribution in [0.1, 0.15) is 73.4 Å². The number of nitrogens with zero attached hydrogens (tertiary/aromatic N) is 4. The van der Waals surface area contributed by atoms with Crippen LogP contribution in [-0.2, 0) is 51.2 Å². The van der Waals surface area contributed by atoms with Crippen LogP contribution >= 0.6 is 0 Å². The summed E-state index contributed by atoms with van der Waals surface area (Å²) in [6, 6.07) is 14.2. The number of likely N-dealkylation sites (tertiary alicyclic amines) is 1. The summed E-state index contributed by atoms with van der Waals surface area (Å²) in [4.78, 5) is 94.7. The lowest BCUT2D eigenvalue weighted by molar-refractivity contribution is -0.145. The predicted molar refractivity (Wildman–Crippen MR) is 245 cm³/mol. The molecule has 2 aliphatic rings. The van der Waals surface area contributed by atoms with Crippen LogP contribution in [0.25, 0.3) is 10.9 Å². The quantitative estimate of drug-likeness (QED) is 0.0555. The Balaban J connectivity index is 0.931. The number of carbonyl (C=O) groups is 7. The zero-order chi connectivity index (χ0) is 49.1. The molecule has 2 aromatic carbocycles. The molecule has 1 saturated carbocycles. The van der Waals surface area contributed by atoms with Crippen molar-refractivity contribution in [2.75, 3.05) is 71.4 Å². The number of halogens is 2. The van der Waals surface area contributed by atoms with Gasteiger partial charge < -0.3 is 46.3 Å². The summed E-state index contributed by atoms with van der Waals surface area (Å²) < 4.78 is 37.8. The number of hydrogen-bond acceptors (Lipinski definition) is 14. The molecule has 5 amide bonds. The van der Waals surface area contributed by atoms with E-state index in [1.807, 2.05) is 24.3 Å². The van der Waals surface area contributed by atoms with Crippen molar-refractivity contribution in [1.82, 2.24) is 41.4 Å². The minimum atomic E-state index is -3.19. The van der Waals surface area contributed by atoms with Gasteiger partial charge in [-0.25, -0.2) is 8.78 Å². The molecule has 0 bridgehead atoms. The molecule has 5 rings (SSSR count). The van der Waals surface area contributed by atoms with E-state index in [9.17, 15) is 47.6 Å². The third-order valence-electron chi connectivity index (χ3n) is 11.4. The monoisotopic (exact) mass is 946 g/mol. The van der Waals surface area contributed by atoms with Crippen molar-refractivity contribution < 1.29 is 51.8 Å². The number of carbonyl (C=O) groups excluding carboxylic acids is 7. The molecule has 3 aromatic rings. The Morgan fingerprint density at radius 2 is 1.54 bits per heavy atom. The number of pyridine rings is 1. The number of esters is 2. The minimum absolute atomic E-state index is 0.0226. The fourth-order valence-electron chi connectivity index (χ4n) is 7.87. The molecule has 1 aromatic heterocycles. The van der Waals surface area contributed by atoms with Crippen molar-refractivity contribution in [3.8, 4) is 6.07 Å². The Labute approximate surface area is 393 Å². The lowest BCUT2D eigenvalue weighted by atomic mass is 9.91. The van der Waals surface area contributed by atoms with Crippen molar-refractivity contribution in [2.24, 2.45) is 0 Å². The fourth-order valence-corrected chi connectivity index (χ4v) is 7.87. The van der Waals surface area contributed by atoms with Gasteiger partial charge in [0.1, 0.15) is 12.6 Å². The third kappa shape index (κ3) is 16.9. The summed E-state index contributed by atoms with van der Waals surface area (Å²) in [5, 5.41) is 27.0. The summed E-state index contributed by atoms with van der Waals surface area (Å²) in [5.41, 5.74) is 2.59. The van der Waals surface area contributed by atoms with E-state index in [1.165, 1.54) is 12.3 Å². The van der Waals surface area contributed by atoms with E-state index in [2.05, 4.69) is 36.9 Å². The number of rotatable bonds is 24. The van der Waals surface area contributed by atoms with E-state index in [-0.39, 0.29) is 85.9 Å². The highest BCUT2D eigenvalue weighted by atomic mass is 19.3. The van der Waals surface area contributed by atoms with Crippen LogP contribution in [0.15, 0.2) is 54.7 Å². The van der Waals surface area contributed by atoms with E-state index in [4.69, 9.17) is 9.47 Å². The first-order valence-corrected chi connectivity index (χ1v) is 22.7. The second-order valence-corrected chi connectivity index (χ2v) is 16.8. The van der Waals surface area contributed by atoms with Gasteiger partial charge in [-0.15, -0.1) is 0 Å². The topological polar surface area (TPSA) is 253 Å². The van der Waals surface area contributed by atoms with Crippen LogP contribution in [0, 0.1) is 11.3 Å². The van der Waals surface area contributed by atoms with Gasteiger partial charge in [-0.1, -0.05) is 36.4 Å². The summed E-state index contributed by atoms with van der Waals surface area (Å²) in [7, 11) is 1.80. The number of nitrogens with one attached hydrogen (secondary N) is 6. The Hall–Kier alpha value is -6.63. The number of benzene rings is 2. The minimum Gasteiger partial charge on any atom is -0.465 e. The molecule has 68 heavy (non-hydrogen) atoms. The van der Waals surface area contributed by atoms with Gasteiger partial charge in [-0.05, 0) is 62.9 Å². The molecular weight excluding hydrogens is 887 g/mol. The van der Waals surface area contributed by atoms with Gasteiger partial charge in [0.05, 0.1) is 62.0 Å². The average Bonchev–Trinajstić information content (AvgIpc) is 3.64. The second kappa shape index (κ2) is 26.1. The highest BCUT2D eigenvalue weighted by molar-refractivity contribution is 6.10. The number of aromatic nitrogens is 1. The highest BCUT2D eigenvalue weighted by Gasteiger charge is 2.47. The molecule has 2 fully saturated rings. The van der Waals surface area contributed by atoms with E-state index < -0.39 is 49.2 Å². The first-order valence-electron chi connectivity index (χ1n) is 22.7. The molecule has 21 heteroatoms. The summed E-state index contributed by atoms with van der Waals surface area (Å²) in [5.74, 6) is -6.16. The van der Waals surface area contributed by atoms with Gasteiger partial charge in [-0.2, -0.15) is 5.26 Å². The Morgan fingerprint density at radius 3 is 2.25 bits per heavy atom. The van der Waals surface area contributed by atoms with Gasteiger partial charge in [0.15, 0.2) is 0 Å². The maximum Gasteiger partial charge on any atom is 0.320 e. The lowest BCUT2D eigenvalue weighted by Gasteiger charge is -2.29. The van der Waals surface area contributed by atoms with Gasteiger partial charge in [0.25, 0.3) is 11.8 Å². The molecular formula is C47H60F2N10O9.